The number of anilines is 1. The molecule has 0 atom stereocenters. The maximum atomic E-state index is 12.8. The monoisotopic (exact) mass is 395 g/mol. The molecule has 3 rings (SSSR count). The van der Waals surface area contributed by atoms with Crippen LogP contribution in [0.5, 0.6) is 0 Å². The molecule has 1 N–H and O–H groups in total. The molecule has 1 amide bonds. The number of amides is 1. The van der Waals surface area contributed by atoms with E-state index in [0.717, 1.165) is 17.1 Å². The van der Waals surface area contributed by atoms with Gasteiger partial charge in [0.2, 0.25) is 5.91 Å². The minimum atomic E-state index is -0.223. The lowest BCUT2D eigenvalue weighted by Gasteiger charge is -2.07. The SMILES string of the molecule is Cc1cc(C)cc(CSCC(=O)Nc2c(C)n(C)n(-c3ccccc3)c2=O)c1. The Kier molecular flexibility index (Phi) is 6.09. The fourth-order valence-electron chi connectivity index (χ4n) is 3.30. The van der Waals surface area contributed by atoms with Crippen molar-refractivity contribution in [2.75, 3.05) is 11.1 Å². The third-order valence-electron chi connectivity index (χ3n) is 4.60. The minimum absolute atomic E-state index is 0.166. The van der Waals surface area contributed by atoms with E-state index in [0.29, 0.717) is 11.4 Å². The van der Waals surface area contributed by atoms with Crippen LogP contribution < -0.4 is 10.9 Å². The normalized spacial score (nSPS) is 10.9. The van der Waals surface area contributed by atoms with Crippen LogP contribution in [-0.4, -0.2) is 21.0 Å². The third-order valence-corrected chi connectivity index (χ3v) is 5.61. The molecule has 3 aromatic rings. The molecule has 0 fully saturated rings. The second kappa shape index (κ2) is 8.52. The van der Waals surface area contributed by atoms with Gasteiger partial charge in [-0.15, -0.1) is 11.8 Å². The number of aromatic nitrogens is 2. The Morgan fingerprint density at radius 3 is 2.32 bits per heavy atom. The van der Waals surface area contributed by atoms with Gasteiger partial charge in [0.25, 0.3) is 5.56 Å². The number of thioether (sulfide) groups is 1. The zero-order valence-electron chi connectivity index (χ0n) is 16.7. The van der Waals surface area contributed by atoms with Crippen molar-refractivity contribution >= 4 is 23.4 Å². The van der Waals surface area contributed by atoms with Crippen LogP contribution in [0.25, 0.3) is 5.69 Å². The fourth-order valence-corrected chi connectivity index (χ4v) is 4.06. The molecule has 2 aromatic carbocycles. The van der Waals surface area contributed by atoms with Crippen LogP contribution in [0, 0.1) is 20.8 Å². The molecule has 0 aliphatic heterocycles. The van der Waals surface area contributed by atoms with Gasteiger partial charge in [-0.3, -0.25) is 14.3 Å². The number of carbonyl (C=O) groups excluding carboxylic acids is 1. The summed E-state index contributed by atoms with van der Waals surface area (Å²) in [5, 5.41) is 2.80. The third kappa shape index (κ3) is 4.39. The summed E-state index contributed by atoms with van der Waals surface area (Å²) in [4.78, 5) is 25.2. The first kappa shape index (κ1) is 20.0. The van der Waals surface area contributed by atoms with Crippen LogP contribution in [0.4, 0.5) is 5.69 Å². The summed E-state index contributed by atoms with van der Waals surface area (Å²) in [6.07, 6.45) is 0. The van der Waals surface area contributed by atoms with E-state index in [1.165, 1.54) is 16.7 Å². The molecule has 1 heterocycles. The summed E-state index contributed by atoms with van der Waals surface area (Å²) in [6.45, 7) is 5.98. The van der Waals surface area contributed by atoms with Gasteiger partial charge in [0.05, 0.1) is 17.1 Å². The summed E-state index contributed by atoms with van der Waals surface area (Å²) in [6, 6.07) is 15.8. The molecule has 0 radical (unpaired) electrons. The molecule has 1 aromatic heterocycles. The highest BCUT2D eigenvalue weighted by Crippen LogP contribution is 2.17. The Balaban J connectivity index is 1.68. The van der Waals surface area contributed by atoms with E-state index in [1.54, 1.807) is 21.1 Å². The molecule has 0 spiro atoms. The predicted molar refractivity (Wildman–Crippen MR) is 116 cm³/mol. The Morgan fingerprint density at radius 2 is 1.68 bits per heavy atom. The lowest BCUT2D eigenvalue weighted by atomic mass is 10.1. The Morgan fingerprint density at radius 1 is 1.04 bits per heavy atom. The van der Waals surface area contributed by atoms with Gasteiger partial charge in [-0.2, -0.15) is 0 Å². The molecule has 5 nitrogen and oxygen atoms in total. The summed E-state index contributed by atoms with van der Waals surface area (Å²) < 4.78 is 3.32. The van der Waals surface area contributed by atoms with Gasteiger partial charge in [0, 0.05) is 12.8 Å². The molecule has 0 unspecified atom stereocenters. The van der Waals surface area contributed by atoms with E-state index >= 15 is 0 Å². The lowest BCUT2D eigenvalue weighted by molar-refractivity contribution is -0.113. The number of hydrogen-bond acceptors (Lipinski definition) is 3. The zero-order valence-corrected chi connectivity index (χ0v) is 17.5. The summed E-state index contributed by atoms with van der Waals surface area (Å²) in [5.74, 6) is 0.893. The number of hydrogen-bond donors (Lipinski definition) is 1. The van der Waals surface area contributed by atoms with Crippen LogP contribution in [-0.2, 0) is 17.6 Å². The standard InChI is InChI=1S/C22H25N3O2S/c1-15-10-16(2)12-18(11-15)13-28-14-20(26)23-21-17(3)24(4)25(22(21)27)19-8-6-5-7-9-19/h5-12H,13-14H2,1-4H3,(H,23,26). The van der Waals surface area contributed by atoms with E-state index < -0.39 is 0 Å². The van der Waals surface area contributed by atoms with Crippen LogP contribution in [0.3, 0.4) is 0 Å². The van der Waals surface area contributed by atoms with Crippen LogP contribution in [0.15, 0.2) is 53.3 Å². The second-order valence-electron chi connectivity index (χ2n) is 6.97. The highest BCUT2D eigenvalue weighted by molar-refractivity contribution is 7.99. The van der Waals surface area contributed by atoms with Crippen molar-refractivity contribution in [3.63, 3.8) is 0 Å². The van der Waals surface area contributed by atoms with Crippen molar-refractivity contribution in [1.29, 1.82) is 0 Å². The largest absolute Gasteiger partial charge is 0.319 e. The fraction of sp³-hybridized carbons (Fsp3) is 0.273. The molecule has 0 bridgehead atoms. The molecule has 0 aliphatic carbocycles. The average molecular weight is 396 g/mol. The first-order chi connectivity index (χ1) is 13.4. The smallest absolute Gasteiger partial charge is 0.295 e. The Bertz CT molecular complexity index is 1030. The van der Waals surface area contributed by atoms with Crippen molar-refractivity contribution in [2.24, 2.45) is 7.05 Å². The lowest BCUT2D eigenvalue weighted by Crippen LogP contribution is -2.23. The molecule has 146 valence electrons. The van der Waals surface area contributed by atoms with Crippen molar-refractivity contribution in [1.82, 2.24) is 9.36 Å². The molecule has 0 aliphatic rings. The number of carbonyl (C=O) groups is 1. The van der Waals surface area contributed by atoms with Crippen molar-refractivity contribution in [2.45, 2.75) is 26.5 Å². The first-order valence-corrected chi connectivity index (χ1v) is 10.3. The summed E-state index contributed by atoms with van der Waals surface area (Å²) in [7, 11) is 1.81. The number of nitrogens with one attached hydrogen (secondary N) is 1. The Labute approximate surface area is 169 Å². The molecular formula is C22H25N3O2S. The quantitative estimate of drug-likeness (QED) is 0.687. The summed E-state index contributed by atoms with van der Waals surface area (Å²) >= 11 is 1.54. The van der Waals surface area contributed by atoms with Gasteiger partial charge in [-0.25, -0.2) is 4.68 Å². The maximum absolute atomic E-state index is 12.8. The predicted octanol–water partition coefficient (Wildman–Crippen LogP) is 3.97. The van der Waals surface area contributed by atoms with Crippen LogP contribution >= 0.6 is 11.8 Å². The molecule has 0 saturated carbocycles. The number of benzene rings is 2. The van der Waals surface area contributed by atoms with Crippen LogP contribution in [0.1, 0.15) is 22.4 Å². The highest BCUT2D eigenvalue weighted by atomic mass is 32.2. The number of nitrogens with zero attached hydrogens (tertiary/aromatic N) is 2. The zero-order chi connectivity index (χ0) is 20.3. The van der Waals surface area contributed by atoms with Gasteiger partial charge < -0.3 is 5.32 Å². The number of aryl methyl sites for hydroxylation is 2. The van der Waals surface area contributed by atoms with E-state index in [4.69, 9.17) is 0 Å². The average Bonchev–Trinajstić information content (AvgIpc) is 2.85. The second-order valence-corrected chi connectivity index (χ2v) is 7.96. The first-order valence-electron chi connectivity index (χ1n) is 9.15. The van der Waals surface area contributed by atoms with Crippen molar-refractivity contribution < 1.29 is 4.79 Å². The van der Waals surface area contributed by atoms with E-state index in [1.807, 2.05) is 44.3 Å². The number of para-hydroxylation sites is 1. The topological polar surface area (TPSA) is 56.0 Å². The molecular weight excluding hydrogens is 370 g/mol. The maximum Gasteiger partial charge on any atom is 0.295 e. The summed E-state index contributed by atoms with van der Waals surface area (Å²) in [5.41, 5.74) is 5.26. The minimum Gasteiger partial charge on any atom is -0.319 e. The van der Waals surface area contributed by atoms with Gasteiger partial charge in [0.1, 0.15) is 5.69 Å². The van der Waals surface area contributed by atoms with Gasteiger partial charge >= 0.3 is 0 Å². The molecule has 6 heteroatoms. The number of rotatable bonds is 6. The van der Waals surface area contributed by atoms with E-state index in [2.05, 4.69) is 37.4 Å². The van der Waals surface area contributed by atoms with E-state index in [9.17, 15) is 9.59 Å². The van der Waals surface area contributed by atoms with Gasteiger partial charge in [0.15, 0.2) is 0 Å². The van der Waals surface area contributed by atoms with E-state index in [-0.39, 0.29) is 11.5 Å². The molecule has 0 saturated heterocycles. The molecule has 28 heavy (non-hydrogen) atoms. The highest BCUT2D eigenvalue weighted by Gasteiger charge is 2.18. The van der Waals surface area contributed by atoms with Crippen LogP contribution in [0.2, 0.25) is 0 Å². The Hall–Kier alpha value is -2.73. The van der Waals surface area contributed by atoms with Gasteiger partial charge in [-0.05, 0) is 38.5 Å². The van der Waals surface area contributed by atoms with Crippen molar-refractivity contribution in [3.8, 4) is 5.69 Å². The van der Waals surface area contributed by atoms with Gasteiger partial charge in [-0.1, -0.05) is 47.5 Å². The van der Waals surface area contributed by atoms with Crippen molar-refractivity contribution in [3.05, 3.63) is 81.3 Å².